The van der Waals surface area contributed by atoms with Gasteiger partial charge < -0.3 is 10.5 Å². The van der Waals surface area contributed by atoms with Crippen LogP contribution < -0.4 is 10.5 Å². The molecule has 1 aromatic carbocycles. The summed E-state index contributed by atoms with van der Waals surface area (Å²) in [4.78, 5) is 0.106. The molecule has 0 radical (unpaired) electrons. The Bertz CT molecular complexity index is 469. The fourth-order valence-corrected chi connectivity index (χ4v) is 1.34. The number of rotatable bonds is 4. The number of nitrogens with two attached hydrogens (primary N) is 1. The number of benzene rings is 1. The maximum atomic E-state index is 8.82. The Labute approximate surface area is 107 Å². The largest absolute Gasteiger partial charge is 0.491 e. The molecule has 0 amide bonds. The Morgan fingerprint density at radius 2 is 2.00 bits per heavy atom. The molecule has 0 unspecified atom stereocenters. The molecule has 2 N–H and O–H groups in total. The Hall–Kier alpha value is -1.86. The van der Waals surface area contributed by atoms with Crippen LogP contribution in [0.15, 0.2) is 29.8 Å². The molecule has 0 aliphatic heterocycles. The first-order valence-corrected chi connectivity index (χ1v) is 5.62. The molecule has 17 heavy (non-hydrogen) atoms. The summed E-state index contributed by atoms with van der Waals surface area (Å²) in [6, 6.07) is 9.36. The quantitative estimate of drug-likeness (QED) is 0.504. The van der Waals surface area contributed by atoms with Gasteiger partial charge in [-0.15, -0.1) is 0 Å². The summed E-state index contributed by atoms with van der Waals surface area (Å²) in [5, 5.41) is 8.82. The molecule has 0 atom stereocenters. The van der Waals surface area contributed by atoms with E-state index in [0.29, 0.717) is 5.57 Å². The Kier molecular flexibility index (Phi) is 4.68. The van der Waals surface area contributed by atoms with E-state index < -0.39 is 0 Å². The maximum Gasteiger partial charge on any atom is 0.119 e. The van der Waals surface area contributed by atoms with Gasteiger partial charge in [0, 0.05) is 0 Å². The normalized spacial score (nSPS) is 11.1. The van der Waals surface area contributed by atoms with Crippen molar-refractivity contribution in [2.24, 2.45) is 5.73 Å². The van der Waals surface area contributed by atoms with Crippen molar-refractivity contribution in [3.05, 3.63) is 35.4 Å². The monoisotopic (exact) mass is 246 g/mol. The fraction of sp³-hybridized carbons (Fsp3) is 0.231. The molecular formula is C13H14N2OS. The zero-order chi connectivity index (χ0) is 12.8. The molecule has 0 fully saturated rings. The molecule has 1 rings (SSSR count). The van der Waals surface area contributed by atoms with Crippen LogP contribution >= 0.6 is 12.2 Å². The topological polar surface area (TPSA) is 59.0 Å². The highest BCUT2D eigenvalue weighted by Gasteiger charge is 2.00. The van der Waals surface area contributed by atoms with Crippen molar-refractivity contribution in [1.82, 2.24) is 0 Å². The molecule has 0 aliphatic carbocycles. The minimum absolute atomic E-state index is 0.106. The summed E-state index contributed by atoms with van der Waals surface area (Å²) in [6.45, 7) is 3.93. The van der Waals surface area contributed by atoms with Gasteiger partial charge in [-0.2, -0.15) is 5.26 Å². The first-order chi connectivity index (χ1) is 8.02. The molecule has 0 saturated heterocycles. The highest BCUT2D eigenvalue weighted by Crippen LogP contribution is 2.15. The zero-order valence-electron chi connectivity index (χ0n) is 9.81. The number of nitrogens with zero attached hydrogens (tertiary/aromatic N) is 1. The van der Waals surface area contributed by atoms with Crippen molar-refractivity contribution in [2.75, 3.05) is 0 Å². The zero-order valence-corrected chi connectivity index (χ0v) is 10.6. The van der Waals surface area contributed by atoms with E-state index in [1.54, 1.807) is 6.08 Å². The second-order valence-electron chi connectivity index (χ2n) is 3.77. The summed E-state index contributed by atoms with van der Waals surface area (Å²) in [5.74, 6) is 0.797. The molecule has 88 valence electrons. The molecular weight excluding hydrogens is 232 g/mol. The van der Waals surface area contributed by atoms with E-state index in [2.05, 4.69) is 0 Å². The maximum absolute atomic E-state index is 8.82. The third-order valence-corrected chi connectivity index (χ3v) is 2.17. The predicted octanol–water partition coefficient (Wildman–Crippen LogP) is 2.67. The van der Waals surface area contributed by atoms with E-state index >= 15 is 0 Å². The summed E-state index contributed by atoms with van der Waals surface area (Å²) in [6.07, 6.45) is 1.80. The van der Waals surface area contributed by atoms with Gasteiger partial charge in [-0.3, -0.25) is 0 Å². The first kappa shape index (κ1) is 13.2. The van der Waals surface area contributed by atoms with Crippen LogP contribution in [0.1, 0.15) is 19.4 Å². The van der Waals surface area contributed by atoms with E-state index in [1.165, 1.54) is 0 Å². The van der Waals surface area contributed by atoms with Gasteiger partial charge in [0.15, 0.2) is 0 Å². The third-order valence-electron chi connectivity index (χ3n) is 1.95. The van der Waals surface area contributed by atoms with Crippen LogP contribution in [0.3, 0.4) is 0 Å². The highest BCUT2D eigenvalue weighted by molar-refractivity contribution is 7.80. The van der Waals surface area contributed by atoms with Crippen molar-refractivity contribution >= 4 is 23.3 Å². The molecule has 0 bridgehead atoms. The van der Waals surface area contributed by atoms with Crippen LogP contribution in [0.5, 0.6) is 5.75 Å². The number of ether oxygens (including phenoxy) is 1. The van der Waals surface area contributed by atoms with E-state index in [4.69, 9.17) is 28.0 Å². The summed E-state index contributed by atoms with van der Waals surface area (Å²) in [7, 11) is 0. The molecule has 3 nitrogen and oxygen atoms in total. The van der Waals surface area contributed by atoms with Gasteiger partial charge in [-0.1, -0.05) is 24.4 Å². The standard InChI is InChI=1S/C13H14N2OS/c1-9(2)16-12-5-3-10(4-6-12)7-11(8-14)13(15)17/h3-7,9H,1-2H3,(H2,15,17). The molecule has 1 aromatic rings. The van der Waals surface area contributed by atoms with Gasteiger partial charge in [0.1, 0.15) is 16.8 Å². The van der Waals surface area contributed by atoms with Crippen molar-refractivity contribution in [2.45, 2.75) is 20.0 Å². The van der Waals surface area contributed by atoms with Crippen LogP contribution in [0.25, 0.3) is 6.08 Å². The Morgan fingerprint density at radius 1 is 1.41 bits per heavy atom. The smallest absolute Gasteiger partial charge is 0.119 e. The van der Waals surface area contributed by atoms with Crippen LogP contribution in [0.4, 0.5) is 0 Å². The number of nitriles is 1. The van der Waals surface area contributed by atoms with Crippen molar-refractivity contribution in [3.8, 4) is 11.8 Å². The lowest BCUT2D eigenvalue weighted by Crippen LogP contribution is -2.09. The lowest BCUT2D eigenvalue weighted by Gasteiger charge is -2.09. The van der Waals surface area contributed by atoms with Crippen molar-refractivity contribution in [3.63, 3.8) is 0 Å². The second kappa shape index (κ2) is 6.02. The lowest BCUT2D eigenvalue weighted by atomic mass is 10.1. The SMILES string of the molecule is CC(C)Oc1ccc(C=C(C#N)C(N)=S)cc1. The average molecular weight is 246 g/mol. The van der Waals surface area contributed by atoms with Crippen molar-refractivity contribution in [1.29, 1.82) is 5.26 Å². The third kappa shape index (κ3) is 4.25. The summed E-state index contributed by atoms with van der Waals surface area (Å²) < 4.78 is 5.51. The molecule has 0 aromatic heterocycles. The summed E-state index contributed by atoms with van der Waals surface area (Å²) >= 11 is 4.76. The van der Waals surface area contributed by atoms with Crippen LogP contribution in [0, 0.1) is 11.3 Å². The first-order valence-electron chi connectivity index (χ1n) is 5.21. The van der Waals surface area contributed by atoms with E-state index in [9.17, 15) is 0 Å². The molecule has 0 saturated carbocycles. The average Bonchev–Trinajstić information content (AvgIpc) is 2.26. The lowest BCUT2D eigenvalue weighted by molar-refractivity contribution is 0.242. The molecule has 0 spiro atoms. The minimum atomic E-state index is 0.106. The fourth-order valence-electron chi connectivity index (χ4n) is 1.24. The second-order valence-corrected chi connectivity index (χ2v) is 4.21. The van der Waals surface area contributed by atoms with Gasteiger partial charge in [0.2, 0.25) is 0 Å². The molecule has 0 aliphatic rings. The van der Waals surface area contributed by atoms with Gasteiger partial charge >= 0.3 is 0 Å². The van der Waals surface area contributed by atoms with Gasteiger partial charge in [-0.25, -0.2) is 0 Å². The summed E-state index contributed by atoms with van der Waals surface area (Å²) in [5.41, 5.74) is 6.58. The minimum Gasteiger partial charge on any atom is -0.491 e. The number of hydrogen-bond acceptors (Lipinski definition) is 3. The number of thiocarbonyl (C=S) groups is 1. The van der Waals surface area contributed by atoms with Gasteiger partial charge in [-0.05, 0) is 37.6 Å². The predicted molar refractivity (Wildman–Crippen MR) is 72.6 cm³/mol. The van der Waals surface area contributed by atoms with Crippen LogP contribution in [-0.4, -0.2) is 11.1 Å². The van der Waals surface area contributed by atoms with Crippen molar-refractivity contribution < 1.29 is 4.74 Å². The van der Waals surface area contributed by atoms with E-state index in [0.717, 1.165) is 11.3 Å². The Balaban J connectivity index is 2.88. The highest BCUT2D eigenvalue weighted by atomic mass is 32.1. The van der Waals surface area contributed by atoms with Gasteiger partial charge in [0.25, 0.3) is 0 Å². The van der Waals surface area contributed by atoms with E-state index in [-0.39, 0.29) is 11.1 Å². The van der Waals surface area contributed by atoms with Gasteiger partial charge in [0.05, 0.1) is 11.7 Å². The Morgan fingerprint density at radius 3 is 2.41 bits per heavy atom. The van der Waals surface area contributed by atoms with E-state index in [1.807, 2.05) is 44.2 Å². The molecule has 0 heterocycles. The van der Waals surface area contributed by atoms with Crippen LogP contribution in [0.2, 0.25) is 0 Å². The number of hydrogen-bond donors (Lipinski definition) is 1. The van der Waals surface area contributed by atoms with Crippen LogP contribution in [-0.2, 0) is 0 Å². The molecule has 4 heteroatoms.